The van der Waals surface area contributed by atoms with Crippen LogP contribution in [0.1, 0.15) is 64.2 Å². The topological polar surface area (TPSA) is 50.4 Å². The van der Waals surface area contributed by atoms with E-state index in [0.717, 1.165) is 30.8 Å². The summed E-state index contributed by atoms with van der Waals surface area (Å²) in [7, 11) is 0. The fourth-order valence-corrected chi connectivity index (χ4v) is 4.29. The molecule has 27 heavy (non-hydrogen) atoms. The van der Waals surface area contributed by atoms with Crippen LogP contribution in [0.4, 0.5) is 0 Å². The van der Waals surface area contributed by atoms with Crippen LogP contribution in [-0.2, 0) is 0 Å². The van der Waals surface area contributed by atoms with Crippen LogP contribution in [0.25, 0.3) is 0 Å². The maximum absolute atomic E-state index is 12.7. The van der Waals surface area contributed by atoms with Gasteiger partial charge in [0.2, 0.25) is 0 Å². The quantitative estimate of drug-likeness (QED) is 0.817. The number of piperidine rings is 1. The van der Waals surface area contributed by atoms with Gasteiger partial charge in [-0.05, 0) is 89.3 Å². The second-order valence-electron chi connectivity index (χ2n) is 9.28. The minimum atomic E-state index is -0.0225. The summed E-state index contributed by atoms with van der Waals surface area (Å²) in [6.45, 7) is 10.9. The fraction of sp³-hybridized carbons (Fsp3) is 0.522. The normalized spacial score (nSPS) is 24.2. The molecular formula is C23H32N2O2. The molecule has 146 valence electrons. The van der Waals surface area contributed by atoms with Crippen molar-refractivity contribution in [1.29, 1.82) is 0 Å². The molecule has 1 atom stereocenters. The van der Waals surface area contributed by atoms with Gasteiger partial charge in [-0.1, -0.05) is 13.0 Å². The third-order valence-electron chi connectivity index (χ3n) is 5.16. The van der Waals surface area contributed by atoms with Gasteiger partial charge in [0.05, 0.1) is 0 Å². The zero-order valence-corrected chi connectivity index (χ0v) is 17.1. The summed E-state index contributed by atoms with van der Waals surface area (Å²) in [5, 5.41) is 6.85. The Morgan fingerprint density at radius 2 is 1.74 bits per heavy atom. The van der Waals surface area contributed by atoms with Gasteiger partial charge in [0.15, 0.2) is 0 Å². The number of nitrogens with one attached hydrogen (secondary N) is 2. The fourth-order valence-electron chi connectivity index (χ4n) is 4.29. The van der Waals surface area contributed by atoms with E-state index in [0.29, 0.717) is 11.5 Å². The van der Waals surface area contributed by atoms with Crippen molar-refractivity contribution < 1.29 is 9.53 Å². The molecule has 0 bridgehead atoms. The average Bonchev–Trinajstić information content (AvgIpc) is 2.54. The molecule has 4 heteroatoms. The van der Waals surface area contributed by atoms with E-state index in [2.05, 4.69) is 57.4 Å². The van der Waals surface area contributed by atoms with Crippen molar-refractivity contribution in [1.82, 2.24) is 10.6 Å². The van der Waals surface area contributed by atoms with E-state index in [1.165, 1.54) is 0 Å². The number of carbonyl (C=O) groups is 1. The van der Waals surface area contributed by atoms with E-state index in [4.69, 9.17) is 4.74 Å². The molecule has 1 fully saturated rings. The number of hydrogen-bond acceptors (Lipinski definition) is 3. The highest BCUT2D eigenvalue weighted by Gasteiger charge is 2.38. The van der Waals surface area contributed by atoms with Gasteiger partial charge in [0.1, 0.15) is 11.5 Å². The summed E-state index contributed by atoms with van der Waals surface area (Å²) < 4.78 is 5.88. The van der Waals surface area contributed by atoms with Crippen LogP contribution in [0.15, 0.2) is 48.3 Å². The van der Waals surface area contributed by atoms with Crippen molar-refractivity contribution in [2.45, 2.75) is 71.0 Å². The molecule has 3 rings (SSSR count). The maximum atomic E-state index is 12.7. The Hall–Kier alpha value is -2.07. The van der Waals surface area contributed by atoms with Gasteiger partial charge in [-0.3, -0.25) is 4.79 Å². The van der Waals surface area contributed by atoms with Crippen LogP contribution in [0.3, 0.4) is 0 Å². The van der Waals surface area contributed by atoms with E-state index in [9.17, 15) is 4.79 Å². The third kappa shape index (κ3) is 5.46. The minimum Gasteiger partial charge on any atom is -0.458 e. The van der Waals surface area contributed by atoms with Gasteiger partial charge in [0.25, 0.3) is 5.91 Å². The van der Waals surface area contributed by atoms with E-state index in [-0.39, 0.29) is 23.0 Å². The zero-order valence-electron chi connectivity index (χ0n) is 17.1. The molecule has 1 unspecified atom stereocenters. The Labute approximate surface area is 163 Å². The van der Waals surface area contributed by atoms with Crippen LogP contribution in [0.5, 0.6) is 5.75 Å². The second-order valence-corrected chi connectivity index (χ2v) is 9.28. The molecule has 1 saturated heterocycles. The number of rotatable bonds is 4. The molecule has 1 aromatic carbocycles. The first-order valence-electron chi connectivity index (χ1n) is 9.88. The van der Waals surface area contributed by atoms with Gasteiger partial charge in [-0.2, -0.15) is 0 Å². The van der Waals surface area contributed by atoms with Crippen LogP contribution < -0.4 is 15.4 Å². The highest BCUT2D eigenvalue weighted by atomic mass is 16.5. The largest absolute Gasteiger partial charge is 0.458 e. The first kappa shape index (κ1) is 19.7. The molecule has 1 aromatic rings. The van der Waals surface area contributed by atoms with Crippen LogP contribution in [0, 0.1) is 5.92 Å². The van der Waals surface area contributed by atoms with Crippen molar-refractivity contribution >= 4 is 5.91 Å². The first-order valence-corrected chi connectivity index (χ1v) is 9.88. The monoisotopic (exact) mass is 368 g/mol. The first-order chi connectivity index (χ1) is 12.6. The Kier molecular flexibility index (Phi) is 5.48. The van der Waals surface area contributed by atoms with Crippen molar-refractivity contribution in [3.63, 3.8) is 0 Å². The summed E-state index contributed by atoms with van der Waals surface area (Å²) in [6, 6.07) is 7.55. The number of hydrogen-bond donors (Lipinski definition) is 2. The highest BCUT2D eigenvalue weighted by molar-refractivity contribution is 5.94. The summed E-state index contributed by atoms with van der Waals surface area (Å²) in [5.41, 5.74) is 0.685. The molecule has 4 nitrogen and oxygen atoms in total. The Bertz CT molecular complexity index is 728. The lowest BCUT2D eigenvalue weighted by Crippen LogP contribution is -2.62. The van der Waals surface area contributed by atoms with Crippen molar-refractivity contribution in [2.24, 2.45) is 5.92 Å². The van der Waals surface area contributed by atoms with Crippen molar-refractivity contribution in [2.75, 3.05) is 0 Å². The predicted octanol–water partition coefficient (Wildman–Crippen LogP) is 4.58. The third-order valence-corrected chi connectivity index (χ3v) is 5.16. The molecule has 1 aliphatic carbocycles. The van der Waals surface area contributed by atoms with E-state index >= 15 is 0 Å². The number of allylic oxidation sites excluding steroid dienone is 3. The van der Waals surface area contributed by atoms with Gasteiger partial charge in [-0.25, -0.2) is 0 Å². The number of carbonyl (C=O) groups excluding carboxylic acids is 1. The summed E-state index contributed by atoms with van der Waals surface area (Å²) in [5.74, 6) is 2.16. The molecule has 2 aliphatic rings. The van der Waals surface area contributed by atoms with Crippen molar-refractivity contribution in [3.8, 4) is 5.75 Å². The Morgan fingerprint density at radius 3 is 2.30 bits per heavy atom. The summed E-state index contributed by atoms with van der Waals surface area (Å²) in [6.07, 6.45) is 9.10. The predicted molar refractivity (Wildman–Crippen MR) is 110 cm³/mol. The van der Waals surface area contributed by atoms with E-state index in [1.54, 1.807) is 0 Å². The Balaban J connectivity index is 1.60. The number of benzene rings is 1. The molecular weight excluding hydrogens is 336 g/mol. The second kappa shape index (κ2) is 7.51. The smallest absolute Gasteiger partial charge is 0.251 e. The van der Waals surface area contributed by atoms with Gasteiger partial charge >= 0.3 is 0 Å². The van der Waals surface area contributed by atoms with E-state index in [1.807, 2.05) is 30.3 Å². The SMILES string of the molecule is CC1C=CC(Oc2ccc(C(=O)NC3CC(C)(C)NC(C)(C)C3)cc2)=CC1. The van der Waals surface area contributed by atoms with Crippen LogP contribution in [0.2, 0.25) is 0 Å². The highest BCUT2D eigenvalue weighted by Crippen LogP contribution is 2.29. The molecule has 1 heterocycles. The lowest BCUT2D eigenvalue weighted by Gasteiger charge is -2.46. The molecule has 2 N–H and O–H groups in total. The number of ether oxygens (including phenoxy) is 1. The minimum absolute atomic E-state index is 0.0100. The molecule has 0 spiro atoms. The zero-order chi connectivity index (χ0) is 19.7. The molecule has 0 aromatic heterocycles. The standard InChI is InChI=1S/C23H32N2O2/c1-16-6-10-19(11-7-16)27-20-12-8-17(9-13-20)21(26)24-18-14-22(2,3)25-23(4,5)15-18/h6,8-13,16,18,25H,7,14-15H2,1-5H3,(H,24,26). The van der Waals surface area contributed by atoms with Gasteiger partial charge < -0.3 is 15.4 Å². The molecule has 0 saturated carbocycles. The molecule has 1 aliphatic heterocycles. The molecule has 1 amide bonds. The maximum Gasteiger partial charge on any atom is 0.251 e. The van der Waals surface area contributed by atoms with Gasteiger partial charge in [0, 0.05) is 22.7 Å². The van der Waals surface area contributed by atoms with Gasteiger partial charge in [-0.15, -0.1) is 0 Å². The average molecular weight is 369 g/mol. The van der Waals surface area contributed by atoms with Crippen molar-refractivity contribution in [3.05, 3.63) is 53.8 Å². The van der Waals surface area contributed by atoms with E-state index < -0.39 is 0 Å². The Morgan fingerprint density at radius 1 is 1.11 bits per heavy atom. The van der Waals surface area contributed by atoms with Crippen LogP contribution >= 0.6 is 0 Å². The summed E-state index contributed by atoms with van der Waals surface area (Å²) >= 11 is 0. The molecule has 0 radical (unpaired) electrons. The number of amides is 1. The summed E-state index contributed by atoms with van der Waals surface area (Å²) in [4.78, 5) is 12.7. The lowest BCUT2D eigenvalue weighted by molar-refractivity contribution is 0.0873. The lowest BCUT2D eigenvalue weighted by atomic mass is 9.79. The van der Waals surface area contributed by atoms with Crippen LogP contribution in [-0.4, -0.2) is 23.0 Å².